The summed E-state index contributed by atoms with van der Waals surface area (Å²) >= 11 is 6.66. The Hall–Kier alpha value is -3.88. The van der Waals surface area contributed by atoms with Crippen LogP contribution in [0.5, 0.6) is 0 Å². The van der Waals surface area contributed by atoms with Crippen LogP contribution in [0.4, 0.5) is 0 Å². The van der Waals surface area contributed by atoms with Crippen LogP contribution in [0.25, 0.3) is 10.9 Å². The van der Waals surface area contributed by atoms with E-state index in [0.717, 1.165) is 53.3 Å². The lowest BCUT2D eigenvalue weighted by molar-refractivity contribution is 0.190. The molecule has 0 unspecified atom stereocenters. The molecule has 9 heteroatoms. The smallest absolute Gasteiger partial charge is 0.253 e. The Morgan fingerprint density at radius 2 is 1.92 bits per heavy atom. The maximum atomic E-state index is 13.8. The molecule has 198 valence electrons. The highest BCUT2D eigenvalue weighted by atomic mass is 35.5. The second-order valence-corrected chi connectivity index (χ2v) is 10.7. The minimum Gasteiger partial charge on any atom is -0.322 e. The van der Waals surface area contributed by atoms with E-state index in [1.54, 1.807) is 6.20 Å². The van der Waals surface area contributed by atoms with E-state index in [1.165, 1.54) is 0 Å². The maximum Gasteiger partial charge on any atom is 0.253 e. The summed E-state index contributed by atoms with van der Waals surface area (Å²) in [5.74, 6) is 0.662. The number of hydrogen-bond donors (Lipinski definition) is 1. The molecule has 1 aliphatic carbocycles. The topological polar surface area (TPSA) is 92.6 Å². The van der Waals surface area contributed by atoms with E-state index in [0.29, 0.717) is 29.5 Å². The SMILES string of the molecule is Cc1ccc2[nH]c(=O)c([C@@H](c3nnnn3C3CCCC3)N(Cc3cccnc3)Cc3ccccc3Cl)cc2c1. The molecule has 1 saturated carbocycles. The van der Waals surface area contributed by atoms with Crippen molar-refractivity contribution in [3.8, 4) is 0 Å². The van der Waals surface area contributed by atoms with E-state index in [2.05, 4.69) is 43.4 Å². The summed E-state index contributed by atoms with van der Waals surface area (Å²) in [6, 6.07) is 19.5. The Morgan fingerprint density at radius 1 is 1.08 bits per heavy atom. The first kappa shape index (κ1) is 25.4. The molecule has 8 nitrogen and oxygen atoms in total. The number of benzene rings is 2. The second kappa shape index (κ2) is 11.1. The van der Waals surface area contributed by atoms with Crippen molar-refractivity contribution in [2.24, 2.45) is 0 Å². The van der Waals surface area contributed by atoms with Gasteiger partial charge in [-0.3, -0.25) is 14.7 Å². The Bertz CT molecular complexity index is 1640. The zero-order valence-electron chi connectivity index (χ0n) is 21.8. The second-order valence-electron chi connectivity index (χ2n) is 10.3. The molecule has 3 heterocycles. The number of rotatable bonds is 8. The Morgan fingerprint density at radius 3 is 2.72 bits per heavy atom. The number of pyridine rings is 2. The molecule has 1 aliphatic rings. The molecular formula is C30H30ClN7O. The van der Waals surface area contributed by atoms with Crippen molar-refractivity contribution in [2.75, 3.05) is 0 Å². The number of aromatic nitrogens is 6. The lowest BCUT2D eigenvalue weighted by Crippen LogP contribution is -2.35. The molecule has 0 amide bonds. The molecule has 0 bridgehead atoms. The van der Waals surface area contributed by atoms with Crippen LogP contribution in [-0.2, 0) is 13.1 Å². The van der Waals surface area contributed by atoms with Crippen LogP contribution >= 0.6 is 11.6 Å². The number of nitrogens with zero attached hydrogens (tertiary/aromatic N) is 6. The third kappa shape index (κ3) is 5.35. The van der Waals surface area contributed by atoms with Crippen molar-refractivity contribution in [1.82, 2.24) is 35.1 Å². The Kier molecular flexibility index (Phi) is 7.22. The monoisotopic (exact) mass is 539 g/mol. The number of fused-ring (bicyclic) bond motifs is 1. The molecule has 1 atom stereocenters. The zero-order valence-corrected chi connectivity index (χ0v) is 22.6. The first-order valence-electron chi connectivity index (χ1n) is 13.3. The van der Waals surface area contributed by atoms with Gasteiger partial charge in [-0.15, -0.1) is 5.10 Å². The number of hydrogen-bond acceptors (Lipinski definition) is 6. The van der Waals surface area contributed by atoms with E-state index in [9.17, 15) is 4.79 Å². The van der Waals surface area contributed by atoms with Gasteiger partial charge in [0, 0.05) is 41.6 Å². The molecule has 39 heavy (non-hydrogen) atoms. The molecule has 3 aromatic heterocycles. The van der Waals surface area contributed by atoms with Gasteiger partial charge in [-0.2, -0.15) is 0 Å². The van der Waals surface area contributed by atoms with E-state index >= 15 is 0 Å². The molecule has 1 fully saturated rings. The molecule has 0 aliphatic heterocycles. The molecule has 5 aromatic rings. The molecule has 0 saturated heterocycles. The van der Waals surface area contributed by atoms with Crippen molar-refractivity contribution >= 4 is 22.5 Å². The molecule has 0 spiro atoms. The van der Waals surface area contributed by atoms with Gasteiger partial charge >= 0.3 is 0 Å². The van der Waals surface area contributed by atoms with E-state index in [-0.39, 0.29) is 11.6 Å². The summed E-state index contributed by atoms with van der Waals surface area (Å²) in [7, 11) is 0. The first-order chi connectivity index (χ1) is 19.1. The summed E-state index contributed by atoms with van der Waals surface area (Å²) in [4.78, 5) is 23.4. The minimum atomic E-state index is -0.522. The fourth-order valence-electron chi connectivity index (χ4n) is 5.64. The lowest BCUT2D eigenvalue weighted by atomic mass is 10.0. The van der Waals surface area contributed by atoms with Crippen LogP contribution < -0.4 is 5.56 Å². The Labute approximate surface area is 231 Å². The largest absolute Gasteiger partial charge is 0.322 e. The summed E-state index contributed by atoms with van der Waals surface area (Å²) < 4.78 is 1.94. The average molecular weight is 540 g/mol. The zero-order chi connectivity index (χ0) is 26.8. The first-order valence-corrected chi connectivity index (χ1v) is 13.7. The van der Waals surface area contributed by atoms with Crippen molar-refractivity contribution in [3.63, 3.8) is 0 Å². The van der Waals surface area contributed by atoms with Crippen LogP contribution in [0.15, 0.2) is 77.9 Å². The fraction of sp³-hybridized carbons (Fsp3) is 0.300. The number of tetrazole rings is 1. The van der Waals surface area contributed by atoms with Gasteiger partial charge in [0.25, 0.3) is 5.56 Å². The predicted molar refractivity (Wildman–Crippen MR) is 151 cm³/mol. The van der Waals surface area contributed by atoms with Gasteiger partial charge < -0.3 is 4.98 Å². The van der Waals surface area contributed by atoms with Gasteiger partial charge in [0.1, 0.15) is 6.04 Å². The molecule has 6 rings (SSSR count). The molecule has 1 N–H and O–H groups in total. The lowest BCUT2D eigenvalue weighted by Gasteiger charge is -2.32. The third-order valence-electron chi connectivity index (χ3n) is 7.56. The highest BCUT2D eigenvalue weighted by Crippen LogP contribution is 2.35. The Balaban J connectivity index is 1.55. The number of H-pyrrole nitrogens is 1. The van der Waals surface area contributed by atoms with Crippen molar-refractivity contribution < 1.29 is 0 Å². The van der Waals surface area contributed by atoms with Crippen LogP contribution in [0, 0.1) is 6.92 Å². The quantitative estimate of drug-likeness (QED) is 0.269. The molecule has 2 aromatic carbocycles. The van der Waals surface area contributed by atoms with E-state index < -0.39 is 6.04 Å². The highest BCUT2D eigenvalue weighted by molar-refractivity contribution is 6.31. The normalized spacial score (nSPS) is 14.8. The van der Waals surface area contributed by atoms with E-state index in [1.807, 2.05) is 65.5 Å². The minimum absolute atomic E-state index is 0.160. The van der Waals surface area contributed by atoms with Crippen LogP contribution in [-0.4, -0.2) is 35.1 Å². The average Bonchev–Trinajstić information content (AvgIpc) is 3.64. The van der Waals surface area contributed by atoms with E-state index in [4.69, 9.17) is 11.6 Å². The van der Waals surface area contributed by atoms with Gasteiger partial charge in [-0.25, -0.2) is 4.68 Å². The molecular weight excluding hydrogens is 510 g/mol. The number of aryl methyl sites for hydroxylation is 1. The summed E-state index contributed by atoms with van der Waals surface area (Å²) in [6.45, 7) is 3.06. The third-order valence-corrected chi connectivity index (χ3v) is 7.93. The number of nitrogens with one attached hydrogen (secondary N) is 1. The highest BCUT2D eigenvalue weighted by Gasteiger charge is 2.33. The predicted octanol–water partition coefficient (Wildman–Crippen LogP) is 5.78. The van der Waals surface area contributed by atoms with Crippen LogP contribution in [0.3, 0.4) is 0 Å². The number of halogens is 1. The fourth-order valence-corrected chi connectivity index (χ4v) is 5.84. The van der Waals surface area contributed by atoms with Gasteiger partial charge in [0.15, 0.2) is 5.82 Å². The number of aromatic amines is 1. The van der Waals surface area contributed by atoms with Gasteiger partial charge in [0.05, 0.1) is 6.04 Å². The maximum absolute atomic E-state index is 13.8. The van der Waals surface area contributed by atoms with Crippen LogP contribution in [0.1, 0.15) is 65.8 Å². The van der Waals surface area contributed by atoms with Gasteiger partial charge in [0.2, 0.25) is 0 Å². The standard InChI is InChI=1S/C30H30ClN7O/c1-20-12-13-27-23(15-20)16-25(30(39)33-27)28(29-34-35-36-38(29)24-9-3-4-10-24)37(18-21-7-6-14-32-17-21)19-22-8-2-5-11-26(22)31/h2,5-8,11-17,24,28H,3-4,9-10,18-19H2,1H3,(H,33,39)/t28-/m0/s1. The van der Waals surface area contributed by atoms with Gasteiger partial charge in [-0.1, -0.05) is 60.3 Å². The van der Waals surface area contributed by atoms with Crippen molar-refractivity contribution in [3.05, 3.63) is 117 Å². The van der Waals surface area contributed by atoms with Crippen molar-refractivity contribution in [2.45, 2.75) is 57.8 Å². The summed E-state index contributed by atoms with van der Waals surface area (Å²) in [5, 5.41) is 14.8. The van der Waals surface area contributed by atoms with Crippen LogP contribution in [0.2, 0.25) is 5.02 Å². The summed E-state index contributed by atoms with van der Waals surface area (Å²) in [6.07, 6.45) is 7.93. The van der Waals surface area contributed by atoms with Crippen molar-refractivity contribution in [1.29, 1.82) is 0 Å². The summed E-state index contributed by atoms with van der Waals surface area (Å²) in [5.41, 5.74) is 4.33. The van der Waals surface area contributed by atoms with Gasteiger partial charge in [-0.05, 0) is 77.0 Å². The molecule has 0 radical (unpaired) electrons.